The predicted octanol–water partition coefficient (Wildman–Crippen LogP) is 3.98. The van der Waals surface area contributed by atoms with Gasteiger partial charge in [0.05, 0.1) is 0 Å². The van der Waals surface area contributed by atoms with Crippen molar-refractivity contribution in [1.29, 1.82) is 0 Å². The lowest BCUT2D eigenvalue weighted by atomic mass is 9.96. The van der Waals surface area contributed by atoms with E-state index in [9.17, 15) is 0 Å². The summed E-state index contributed by atoms with van der Waals surface area (Å²) in [4.78, 5) is 2.27. The third-order valence-electron chi connectivity index (χ3n) is 3.09. The lowest BCUT2D eigenvalue weighted by molar-refractivity contribution is 1.06. The van der Waals surface area contributed by atoms with Crippen molar-refractivity contribution in [3.63, 3.8) is 0 Å². The maximum atomic E-state index is 2.27. The number of fused-ring (bicyclic) bond motifs is 2. The third-order valence-corrected chi connectivity index (χ3v) is 3.09. The Balaban J connectivity index is 0.000000963. The molecule has 0 radical (unpaired) electrons. The zero-order valence-electron chi connectivity index (χ0n) is 9.18. The molecular weight excluding hydrogens is 309 g/mol. The molecule has 2 heteroatoms. The summed E-state index contributed by atoms with van der Waals surface area (Å²) in [5, 5.41) is 0. The Morgan fingerprint density at radius 3 is 1.75 bits per heavy atom. The Morgan fingerprint density at radius 1 is 0.812 bits per heavy atom. The van der Waals surface area contributed by atoms with Gasteiger partial charge in [-0.25, -0.2) is 0 Å². The molecule has 0 aliphatic carbocycles. The average Bonchev–Trinajstić information content (AvgIpc) is 2.30. The number of hydrogen-bond acceptors (Lipinski definition) is 1. The second-order valence-corrected chi connectivity index (χ2v) is 3.99. The number of halogens is 1. The molecule has 1 heterocycles. The highest BCUT2D eigenvalue weighted by molar-refractivity contribution is 14.0. The highest BCUT2D eigenvalue weighted by Crippen LogP contribution is 2.36. The molecule has 1 nitrogen and oxygen atoms in total. The maximum absolute atomic E-state index is 2.27. The van der Waals surface area contributed by atoms with Gasteiger partial charge in [0, 0.05) is 24.8 Å². The van der Waals surface area contributed by atoms with Crippen LogP contribution in [0.4, 0.5) is 11.4 Å². The number of hydrogen-bond donors (Lipinski definition) is 0. The summed E-state index contributed by atoms with van der Waals surface area (Å²) in [7, 11) is 2.14. The largest absolute Gasteiger partial charge is 0.344 e. The molecule has 2 aromatic carbocycles. The molecule has 0 unspecified atom stereocenters. The summed E-state index contributed by atoms with van der Waals surface area (Å²) in [6.45, 7) is 0. The van der Waals surface area contributed by atoms with Gasteiger partial charge in [0.1, 0.15) is 0 Å². The van der Waals surface area contributed by atoms with Crippen LogP contribution in [0.1, 0.15) is 11.1 Å². The van der Waals surface area contributed by atoms with Gasteiger partial charge in [0.25, 0.3) is 0 Å². The standard InChI is InChI=1S/C14H13N.HI/c1-15-13-8-4-2-6-11(13)10-12-7-3-5-9-14(12)15;/h2-9H,10H2,1H3;1H. The Labute approximate surface area is 113 Å². The maximum Gasteiger partial charge on any atom is 0.0444 e. The van der Waals surface area contributed by atoms with Crippen molar-refractivity contribution in [1.82, 2.24) is 0 Å². The van der Waals surface area contributed by atoms with Crippen molar-refractivity contribution in [2.75, 3.05) is 11.9 Å². The molecule has 1 aliphatic heterocycles. The molecule has 0 spiro atoms. The first-order valence-corrected chi connectivity index (χ1v) is 5.26. The van der Waals surface area contributed by atoms with E-state index in [0.29, 0.717) is 0 Å². The van der Waals surface area contributed by atoms with Crippen LogP contribution in [0.15, 0.2) is 48.5 Å². The second-order valence-electron chi connectivity index (χ2n) is 3.99. The lowest BCUT2D eigenvalue weighted by Crippen LogP contribution is -2.18. The number of anilines is 2. The average molecular weight is 323 g/mol. The fourth-order valence-electron chi connectivity index (χ4n) is 2.31. The van der Waals surface area contributed by atoms with Gasteiger partial charge in [-0.2, -0.15) is 0 Å². The van der Waals surface area contributed by atoms with Crippen molar-refractivity contribution < 1.29 is 0 Å². The Morgan fingerprint density at radius 2 is 1.25 bits per heavy atom. The minimum absolute atomic E-state index is 0. The van der Waals surface area contributed by atoms with Gasteiger partial charge in [-0.1, -0.05) is 36.4 Å². The van der Waals surface area contributed by atoms with Crippen molar-refractivity contribution in [2.24, 2.45) is 0 Å². The van der Waals surface area contributed by atoms with Crippen molar-refractivity contribution in [2.45, 2.75) is 6.42 Å². The summed E-state index contributed by atoms with van der Waals surface area (Å²) in [6, 6.07) is 17.2. The molecule has 2 aromatic rings. The molecular formula is C14H14IN. The van der Waals surface area contributed by atoms with Gasteiger partial charge < -0.3 is 4.90 Å². The van der Waals surface area contributed by atoms with Crippen LogP contribution in [0, 0.1) is 0 Å². The first-order chi connectivity index (χ1) is 7.36. The molecule has 0 aromatic heterocycles. The fourth-order valence-corrected chi connectivity index (χ4v) is 2.31. The zero-order valence-corrected chi connectivity index (χ0v) is 11.5. The van der Waals surface area contributed by atoms with Crippen LogP contribution >= 0.6 is 24.0 Å². The number of nitrogens with zero attached hydrogens (tertiary/aromatic N) is 1. The molecule has 3 rings (SSSR count). The van der Waals surface area contributed by atoms with Gasteiger partial charge in [-0.15, -0.1) is 24.0 Å². The molecule has 16 heavy (non-hydrogen) atoms. The van der Waals surface area contributed by atoms with Crippen LogP contribution in [0.3, 0.4) is 0 Å². The second kappa shape index (κ2) is 4.45. The summed E-state index contributed by atoms with van der Waals surface area (Å²) in [5.41, 5.74) is 5.49. The topological polar surface area (TPSA) is 3.24 Å². The van der Waals surface area contributed by atoms with E-state index >= 15 is 0 Å². The quantitative estimate of drug-likeness (QED) is 0.663. The molecule has 0 amide bonds. The van der Waals surface area contributed by atoms with E-state index in [-0.39, 0.29) is 24.0 Å². The zero-order chi connectivity index (χ0) is 10.3. The monoisotopic (exact) mass is 323 g/mol. The van der Waals surface area contributed by atoms with Gasteiger partial charge in [0.2, 0.25) is 0 Å². The van der Waals surface area contributed by atoms with Crippen LogP contribution in [0.25, 0.3) is 0 Å². The van der Waals surface area contributed by atoms with E-state index < -0.39 is 0 Å². The number of benzene rings is 2. The van der Waals surface area contributed by atoms with Crippen molar-refractivity contribution >= 4 is 35.4 Å². The van der Waals surface area contributed by atoms with Crippen LogP contribution < -0.4 is 4.90 Å². The van der Waals surface area contributed by atoms with E-state index in [0.717, 1.165) is 6.42 Å². The van der Waals surface area contributed by atoms with Gasteiger partial charge >= 0.3 is 0 Å². The van der Waals surface area contributed by atoms with E-state index in [1.807, 2.05) is 0 Å². The van der Waals surface area contributed by atoms with Gasteiger partial charge in [-0.05, 0) is 23.3 Å². The SMILES string of the molecule is CN1c2ccccc2Cc2ccccc21.I. The van der Waals surface area contributed by atoms with Gasteiger partial charge in [-0.3, -0.25) is 0 Å². The first kappa shape index (κ1) is 11.5. The Kier molecular flexibility index (Phi) is 3.19. The normalized spacial score (nSPS) is 12.4. The minimum Gasteiger partial charge on any atom is -0.344 e. The molecule has 0 saturated carbocycles. The van der Waals surface area contributed by atoms with E-state index in [1.165, 1.54) is 22.5 Å². The van der Waals surface area contributed by atoms with Crippen LogP contribution in [-0.2, 0) is 6.42 Å². The summed E-state index contributed by atoms with van der Waals surface area (Å²) >= 11 is 0. The van der Waals surface area contributed by atoms with Crippen molar-refractivity contribution in [3.05, 3.63) is 59.7 Å². The lowest BCUT2D eigenvalue weighted by Gasteiger charge is -2.29. The minimum atomic E-state index is 0. The molecule has 0 bridgehead atoms. The first-order valence-electron chi connectivity index (χ1n) is 5.26. The highest BCUT2D eigenvalue weighted by Gasteiger charge is 2.17. The van der Waals surface area contributed by atoms with Crippen molar-refractivity contribution in [3.8, 4) is 0 Å². The number of para-hydroxylation sites is 2. The molecule has 82 valence electrons. The highest BCUT2D eigenvalue weighted by atomic mass is 127. The fraction of sp³-hybridized carbons (Fsp3) is 0.143. The van der Waals surface area contributed by atoms with E-state index in [1.54, 1.807) is 0 Å². The molecule has 1 aliphatic rings. The predicted molar refractivity (Wildman–Crippen MR) is 79.2 cm³/mol. The summed E-state index contributed by atoms with van der Waals surface area (Å²) in [5.74, 6) is 0. The number of rotatable bonds is 0. The molecule has 0 atom stereocenters. The molecule has 0 saturated heterocycles. The van der Waals surface area contributed by atoms with Crippen LogP contribution in [0.5, 0.6) is 0 Å². The van der Waals surface area contributed by atoms with E-state index in [2.05, 4.69) is 60.5 Å². The Hall–Kier alpha value is -1.03. The molecule has 0 fully saturated rings. The smallest absolute Gasteiger partial charge is 0.0444 e. The Bertz CT molecular complexity index is 462. The van der Waals surface area contributed by atoms with Crippen LogP contribution in [0.2, 0.25) is 0 Å². The van der Waals surface area contributed by atoms with E-state index in [4.69, 9.17) is 0 Å². The van der Waals surface area contributed by atoms with Crippen LogP contribution in [-0.4, -0.2) is 7.05 Å². The van der Waals surface area contributed by atoms with Gasteiger partial charge in [0.15, 0.2) is 0 Å². The third kappa shape index (κ3) is 1.71. The molecule has 0 N–H and O–H groups in total. The summed E-state index contributed by atoms with van der Waals surface area (Å²) in [6.07, 6.45) is 1.05. The summed E-state index contributed by atoms with van der Waals surface area (Å²) < 4.78 is 0.